The highest BCUT2D eigenvalue weighted by Crippen LogP contribution is 2.23. The van der Waals surface area contributed by atoms with E-state index in [9.17, 15) is 4.39 Å². The molecule has 0 bridgehead atoms. The van der Waals surface area contributed by atoms with Gasteiger partial charge in [0.1, 0.15) is 5.82 Å². The molecule has 0 atom stereocenters. The fourth-order valence-electron chi connectivity index (χ4n) is 2.52. The second kappa shape index (κ2) is 6.36. The van der Waals surface area contributed by atoms with Crippen LogP contribution in [-0.4, -0.2) is 6.54 Å². The molecule has 0 unspecified atom stereocenters. The summed E-state index contributed by atoms with van der Waals surface area (Å²) in [5.74, 6) is 0.541. The third kappa shape index (κ3) is 4.29. The Morgan fingerprint density at radius 1 is 1.18 bits per heavy atom. The van der Waals surface area contributed by atoms with Crippen molar-refractivity contribution in [1.82, 2.24) is 5.32 Å². The van der Waals surface area contributed by atoms with Crippen molar-refractivity contribution in [3.05, 3.63) is 34.6 Å². The highest BCUT2D eigenvalue weighted by Gasteiger charge is 2.12. The maximum atomic E-state index is 13.1. The smallest absolute Gasteiger partial charge is 0.125 e. The van der Waals surface area contributed by atoms with Gasteiger partial charge in [-0.25, -0.2) is 4.39 Å². The molecule has 1 aromatic rings. The van der Waals surface area contributed by atoms with E-state index in [0.29, 0.717) is 11.6 Å². The predicted octanol–water partition coefficient (Wildman–Crippen LogP) is 4.15. The highest BCUT2D eigenvalue weighted by atomic mass is 35.5. The molecule has 1 N–H and O–H groups in total. The lowest BCUT2D eigenvalue weighted by Crippen LogP contribution is -2.24. The van der Waals surface area contributed by atoms with Crippen molar-refractivity contribution in [2.24, 2.45) is 5.92 Å². The van der Waals surface area contributed by atoms with Crippen LogP contribution in [0.5, 0.6) is 0 Å². The largest absolute Gasteiger partial charge is 0.312 e. The van der Waals surface area contributed by atoms with Gasteiger partial charge in [0.05, 0.1) is 0 Å². The summed E-state index contributed by atoms with van der Waals surface area (Å²) >= 11 is 5.81. The Morgan fingerprint density at radius 3 is 2.65 bits per heavy atom. The van der Waals surface area contributed by atoms with Gasteiger partial charge in [0.15, 0.2) is 0 Å². The van der Waals surface area contributed by atoms with Crippen LogP contribution in [-0.2, 0) is 6.54 Å². The van der Waals surface area contributed by atoms with E-state index in [2.05, 4.69) is 5.32 Å². The van der Waals surface area contributed by atoms with Gasteiger partial charge in [-0.15, -0.1) is 0 Å². The summed E-state index contributed by atoms with van der Waals surface area (Å²) in [6.07, 6.45) is 6.76. The van der Waals surface area contributed by atoms with Crippen molar-refractivity contribution in [2.75, 3.05) is 6.54 Å². The number of hydrogen-bond acceptors (Lipinski definition) is 1. The van der Waals surface area contributed by atoms with Gasteiger partial charge in [-0.2, -0.15) is 0 Å². The normalized spacial score (nSPS) is 17.3. The SMILES string of the molecule is Fc1cc(Cl)cc(CNCC2CCCCC2)c1. The number of halogens is 2. The van der Waals surface area contributed by atoms with Crippen molar-refractivity contribution in [1.29, 1.82) is 0 Å². The van der Waals surface area contributed by atoms with Crippen molar-refractivity contribution in [2.45, 2.75) is 38.6 Å². The van der Waals surface area contributed by atoms with E-state index < -0.39 is 0 Å². The van der Waals surface area contributed by atoms with Crippen LogP contribution in [0.1, 0.15) is 37.7 Å². The van der Waals surface area contributed by atoms with Gasteiger partial charge < -0.3 is 5.32 Å². The Labute approximate surface area is 107 Å². The van der Waals surface area contributed by atoms with Crippen LogP contribution in [0.15, 0.2) is 18.2 Å². The predicted molar refractivity (Wildman–Crippen MR) is 69.7 cm³/mol. The van der Waals surface area contributed by atoms with E-state index in [0.717, 1.165) is 18.0 Å². The van der Waals surface area contributed by atoms with Gasteiger partial charge in [0, 0.05) is 11.6 Å². The lowest BCUT2D eigenvalue weighted by molar-refractivity contribution is 0.342. The van der Waals surface area contributed by atoms with Crippen LogP contribution in [0, 0.1) is 11.7 Å². The molecule has 3 heteroatoms. The van der Waals surface area contributed by atoms with Crippen LogP contribution in [0.25, 0.3) is 0 Å². The maximum absolute atomic E-state index is 13.1. The molecule has 1 aliphatic rings. The Balaban J connectivity index is 1.77. The minimum absolute atomic E-state index is 0.257. The first-order chi connectivity index (χ1) is 8.24. The zero-order valence-corrected chi connectivity index (χ0v) is 10.8. The van der Waals surface area contributed by atoms with Crippen molar-refractivity contribution < 1.29 is 4.39 Å². The topological polar surface area (TPSA) is 12.0 Å². The molecule has 0 spiro atoms. The third-order valence-corrected chi connectivity index (χ3v) is 3.63. The molecular weight excluding hydrogens is 237 g/mol. The van der Waals surface area contributed by atoms with Gasteiger partial charge >= 0.3 is 0 Å². The molecule has 1 nitrogen and oxygen atoms in total. The molecule has 1 aromatic carbocycles. The summed E-state index contributed by atoms with van der Waals surface area (Å²) < 4.78 is 13.1. The average Bonchev–Trinajstić information content (AvgIpc) is 2.29. The first-order valence-electron chi connectivity index (χ1n) is 6.40. The summed E-state index contributed by atoms with van der Waals surface area (Å²) in [4.78, 5) is 0. The zero-order valence-electron chi connectivity index (χ0n) is 10.0. The molecule has 94 valence electrons. The van der Waals surface area contributed by atoms with Gasteiger partial charge in [-0.3, -0.25) is 0 Å². The second-order valence-electron chi connectivity index (χ2n) is 4.91. The molecular formula is C14H19ClFN. The molecule has 0 aromatic heterocycles. The summed E-state index contributed by atoms with van der Waals surface area (Å²) in [7, 11) is 0. The maximum Gasteiger partial charge on any atom is 0.125 e. The van der Waals surface area contributed by atoms with Crippen molar-refractivity contribution >= 4 is 11.6 Å². The van der Waals surface area contributed by atoms with Crippen LogP contribution in [0.2, 0.25) is 5.02 Å². The number of rotatable bonds is 4. The summed E-state index contributed by atoms with van der Waals surface area (Å²) in [5.41, 5.74) is 0.922. The van der Waals surface area contributed by atoms with E-state index in [-0.39, 0.29) is 5.82 Å². The number of hydrogen-bond donors (Lipinski definition) is 1. The quantitative estimate of drug-likeness (QED) is 0.852. The monoisotopic (exact) mass is 255 g/mol. The molecule has 0 amide bonds. The summed E-state index contributed by atoms with van der Waals surface area (Å²) in [5, 5.41) is 3.87. The van der Waals surface area contributed by atoms with Crippen LogP contribution >= 0.6 is 11.6 Å². The van der Waals surface area contributed by atoms with E-state index >= 15 is 0 Å². The molecule has 0 radical (unpaired) electrons. The van der Waals surface area contributed by atoms with Gasteiger partial charge in [-0.05, 0) is 49.1 Å². The Hall–Kier alpha value is -0.600. The molecule has 17 heavy (non-hydrogen) atoms. The lowest BCUT2D eigenvalue weighted by Gasteiger charge is -2.21. The van der Waals surface area contributed by atoms with Gasteiger partial charge in [0.2, 0.25) is 0 Å². The van der Waals surface area contributed by atoms with Crippen molar-refractivity contribution in [3.8, 4) is 0 Å². The van der Waals surface area contributed by atoms with E-state index in [1.165, 1.54) is 38.2 Å². The van der Waals surface area contributed by atoms with E-state index in [4.69, 9.17) is 11.6 Å². The standard InChI is InChI=1S/C14H19ClFN/c15-13-6-12(7-14(16)8-13)10-17-9-11-4-2-1-3-5-11/h6-8,11,17H,1-5,9-10H2. The second-order valence-corrected chi connectivity index (χ2v) is 5.35. The first-order valence-corrected chi connectivity index (χ1v) is 6.77. The van der Waals surface area contributed by atoms with E-state index in [1.807, 2.05) is 6.07 Å². The minimum atomic E-state index is -0.257. The third-order valence-electron chi connectivity index (χ3n) is 3.41. The fraction of sp³-hybridized carbons (Fsp3) is 0.571. The molecule has 2 rings (SSSR count). The minimum Gasteiger partial charge on any atom is -0.312 e. The van der Waals surface area contributed by atoms with Gasteiger partial charge in [0.25, 0.3) is 0 Å². The van der Waals surface area contributed by atoms with Crippen LogP contribution in [0.3, 0.4) is 0 Å². The molecule has 1 fully saturated rings. The molecule has 0 heterocycles. The molecule has 1 saturated carbocycles. The number of benzene rings is 1. The van der Waals surface area contributed by atoms with E-state index in [1.54, 1.807) is 6.07 Å². The number of nitrogens with one attached hydrogen (secondary N) is 1. The van der Waals surface area contributed by atoms with Crippen LogP contribution < -0.4 is 5.32 Å². The average molecular weight is 256 g/mol. The Kier molecular flexibility index (Phi) is 4.81. The molecule has 1 aliphatic carbocycles. The highest BCUT2D eigenvalue weighted by molar-refractivity contribution is 6.30. The molecule has 0 aliphatic heterocycles. The zero-order chi connectivity index (χ0) is 12.1. The lowest BCUT2D eigenvalue weighted by atomic mass is 9.89. The molecule has 0 saturated heterocycles. The first kappa shape index (κ1) is 12.8. The Bertz CT molecular complexity index is 341. The fourth-order valence-corrected chi connectivity index (χ4v) is 2.77. The van der Waals surface area contributed by atoms with Crippen molar-refractivity contribution in [3.63, 3.8) is 0 Å². The van der Waals surface area contributed by atoms with Crippen LogP contribution in [0.4, 0.5) is 4.39 Å². The Morgan fingerprint density at radius 2 is 1.94 bits per heavy atom. The summed E-state index contributed by atoms with van der Waals surface area (Å²) in [6.45, 7) is 1.74. The summed E-state index contributed by atoms with van der Waals surface area (Å²) in [6, 6.07) is 4.70. The van der Waals surface area contributed by atoms with Gasteiger partial charge in [-0.1, -0.05) is 30.9 Å².